The first-order chi connectivity index (χ1) is 10.6. The monoisotopic (exact) mass is 322 g/mol. The molecule has 2 aliphatic rings. The van der Waals surface area contributed by atoms with Crippen LogP contribution >= 0.6 is 0 Å². The second-order valence-corrected chi connectivity index (χ2v) is 7.24. The van der Waals surface area contributed by atoms with E-state index in [0.29, 0.717) is 23.5 Å². The van der Waals surface area contributed by atoms with E-state index in [4.69, 9.17) is 4.74 Å². The molecule has 0 aromatic heterocycles. The van der Waals surface area contributed by atoms with Crippen LogP contribution in [0.15, 0.2) is 24.8 Å². The van der Waals surface area contributed by atoms with E-state index in [1.165, 1.54) is 18.9 Å². The molecule has 3 unspecified atom stereocenters. The maximum Gasteiger partial charge on any atom is 0.333 e. The fourth-order valence-corrected chi connectivity index (χ4v) is 3.75. The molecule has 4 heteroatoms. The standard InChI is InChI=1S/C13H20O2.C6H10O2/c1-5-11(14)15-10-8-9-6-7-13(10,4)12(9,2)3;1-4-8-6(7)5(2)3/h5,9-10H,1,6-8H2,2-4H3;2,4H2,1,3H3. The SMILES string of the molecule is C=C(C)C(=O)OCC.C=CC(=O)OC1CC2CCC1(C)C2(C)C. The van der Waals surface area contributed by atoms with E-state index in [9.17, 15) is 9.59 Å². The first-order valence-electron chi connectivity index (χ1n) is 8.25. The summed E-state index contributed by atoms with van der Waals surface area (Å²) < 4.78 is 10.0. The molecule has 130 valence electrons. The molecule has 0 radical (unpaired) electrons. The highest BCUT2D eigenvalue weighted by atomic mass is 16.5. The van der Waals surface area contributed by atoms with Crippen molar-refractivity contribution in [2.24, 2.45) is 16.7 Å². The highest BCUT2D eigenvalue weighted by molar-refractivity contribution is 5.86. The van der Waals surface area contributed by atoms with Gasteiger partial charge in [-0.3, -0.25) is 0 Å². The van der Waals surface area contributed by atoms with Gasteiger partial charge < -0.3 is 9.47 Å². The van der Waals surface area contributed by atoms with Gasteiger partial charge in [0.05, 0.1) is 6.61 Å². The molecular formula is C19H30O4. The number of ether oxygens (including phenoxy) is 2. The van der Waals surface area contributed by atoms with E-state index in [-0.39, 0.29) is 23.5 Å². The topological polar surface area (TPSA) is 52.6 Å². The highest BCUT2D eigenvalue weighted by Crippen LogP contribution is 2.66. The minimum absolute atomic E-state index is 0.0942. The van der Waals surface area contributed by atoms with Gasteiger partial charge in [-0.1, -0.05) is 33.9 Å². The van der Waals surface area contributed by atoms with Crippen molar-refractivity contribution in [2.75, 3.05) is 6.61 Å². The molecule has 2 fully saturated rings. The zero-order valence-electron chi connectivity index (χ0n) is 15.1. The Morgan fingerprint density at radius 3 is 2.22 bits per heavy atom. The summed E-state index contributed by atoms with van der Waals surface area (Å²) in [5, 5.41) is 0. The third kappa shape index (κ3) is 3.85. The summed E-state index contributed by atoms with van der Waals surface area (Å²) in [6.07, 6.45) is 4.85. The number of fused-ring (bicyclic) bond motifs is 2. The molecule has 0 aliphatic heterocycles. The van der Waals surface area contributed by atoms with E-state index in [1.54, 1.807) is 13.8 Å². The molecule has 4 nitrogen and oxygen atoms in total. The lowest BCUT2D eigenvalue weighted by atomic mass is 9.70. The van der Waals surface area contributed by atoms with E-state index in [0.717, 1.165) is 6.42 Å². The Hall–Kier alpha value is -1.58. The Labute approximate surface area is 139 Å². The maximum absolute atomic E-state index is 11.3. The Bertz CT molecular complexity index is 492. The second-order valence-electron chi connectivity index (χ2n) is 7.24. The number of carbonyl (C=O) groups is 2. The average Bonchev–Trinajstić information content (AvgIpc) is 2.81. The number of rotatable bonds is 4. The number of esters is 2. The Morgan fingerprint density at radius 1 is 1.30 bits per heavy atom. The zero-order valence-corrected chi connectivity index (χ0v) is 15.1. The third-order valence-corrected chi connectivity index (χ3v) is 5.76. The molecule has 0 heterocycles. The van der Waals surface area contributed by atoms with Crippen molar-refractivity contribution >= 4 is 11.9 Å². The fourth-order valence-electron chi connectivity index (χ4n) is 3.75. The Balaban J connectivity index is 0.000000284. The van der Waals surface area contributed by atoms with Gasteiger partial charge in [0.25, 0.3) is 0 Å². The molecule has 0 saturated heterocycles. The predicted molar refractivity (Wildman–Crippen MR) is 90.8 cm³/mol. The third-order valence-electron chi connectivity index (χ3n) is 5.76. The van der Waals surface area contributed by atoms with Gasteiger partial charge in [-0.15, -0.1) is 0 Å². The van der Waals surface area contributed by atoms with Crippen molar-refractivity contribution < 1.29 is 19.1 Å². The van der Waals surface area contributed by atoms with Crippen molar-refractivity contribution in [3.8, 4) is 0 Å². The number of hydrogen-bond acceptors (Lipinski definition) is 4. The van der Waals surface area contributed by atoms with Gasteiger partial charge in [-0.05, 0) is 44.4 Å². The first kappa shape index (κ1) is 19.5. The largest absolute Gasteiger partial charge is 0.463 e. The lowest BCUT2D eigenvalue weighted by molar-refractivity contribution is -0.150. The van der Waals surface area contributed by atoms with Crippen LogP contribution in [0.3, 0.4) is 0 Å². The van der Waals surface area contributed by atoms with Crippen LogP contribution in [0.5, 0.6) is 0 Å². The predicted octanol–water partition coefficient (Wildman–Crippen LogP) is 4.06. The minimum atomic E-state index is -0.312. The molecule has 0 N–H and O–H groups in total. The molecule has 2 bridgehead atoms. The molecule has 0 spiro atoms. The summed E-state index contributed by atoms with van der Waals surface area (Å²) in [5.74, 6) is 0.127. The fraction of sp³-hybridized carbons (Fsp3) is 0.684. The van der Waals surface area contributed by atoms with Crippen LogP contribution in [-0.4, -0.2) is 24.6 Å². The second kappa shape index (κ2) is 7.33. The molecule has 0 aromatic rings. The smallest absolute Gasteiger partial charge is 0.333 e. The van der Waals surface area contributed by atoms with Crippen LogP contribution in [0, 0.1) is 16.7 Å². The van der Waals surface area contributed by atoms with E-state index < -0.39 is 0 Å². The van der Waals surface area contributed by atoms with Gasteiger partial charge in [0.15, 0.2) is 0 Å². The number of carbonyl (C=O) groups excluding carboxylic acids is 2. The highest BCUT2D eigenvalue weighted by Gasteiger charge is 2.62. The van der Waals surface area contributed by atoms with E-state index >= 15 is 0 Å². The molecule has 2 aliphatic carbocycles. The Kier molecular flexibility index (Phi) is 6.20. The summed E-state index contributed by atoms with van der Waals surface area (Å²) in [4.78, 5) is 21.7. The lowest BCUT2D eigenvalue weighted by Gasteiger charge is -2.38. The lowest BCUT2D eigenvalue weighted by Crippen LogP contribution is -2.38. The Morgan fingerprint density at radius 2 is 1.91 bits per heavy atom. The molecule has 23 heavy (non-hydrogen) atoms. The van der Waals surface area contributed by atoms with Gasteiger partial charge >= 0.3 is 11.9 Å². The van der Waals surface area contributed by atoms with Gasteiger partial charge in [-0.25, -0.2) is 9.59 Å². The van der Waals surface area contributed by atoms with Gasteiger partial charge in [-0.2, -0.15) is 0 Å². The minimum Gasteiger partial charge on any atom is -0.463 e. The molecule has 2 rings (SSSR count). The van der Waals surface area contributed by atoms with E-state index in [1.807, 2.05) is 0 Å². The average molecular weight is 322 g/mol. The molecule has 0 aromatic carbocycles. The van der Waals surface area contributed by atoms with Gasteiger partial charge in [0.1, 0.15) is 6.10 Å². The molecular weight excluding hydrogens is 292 g/mol. The van der Waals surface area contributed by atoms with Crippen LogP contribution in [0.25, 0.3) is 0 Å². The molecule has 3 atom stereocenters. The van der Waals surface area contributed by atoms with Crippen LogP contribution in [-0.2, 0) is 19.1 Å². The summed E-state index contributed by atoms with van der Waals surface area (Å²) in [7, 11) is 0. The molecule has 2 saturated carbocycles. The summed E-state index contributed by atoms with van der Waals surface area (Å²) in [6, 6.07) is 0. The van der Waals surface area contributed by atoms with Crippen molar-refractivity contribution in [2.45, 2.75) is 60.0 Å². The summed E-state index contributed by atoms with van der Waals surface area (Å²) in [5.41, 5.74) is 0.918. The van der Waals surface area contributed by atoms with E-state index in [2.05, 4.69) is 38.7 Å². The van der Waals surface area contributed by atoms with Crippen molar-refractivity contribution in [3.63, 3.8) is 0 Å². The van der Waals surface area contributed by atoms with Crippen LogP contribution in [0.4, 0.5) is 0 Å². The summed E-state index contributed by atoms with van der Waals surface area (Å²) in [6.45, 7) is 17.5. The van der Waals surface area contributed by atoms with Crippen molar-refractivity contribution in [3.05, 3.63) is 24.8 Å². The maximum atomic E-state index is 11.3. The van der Waals surface area contributed by atoms with Crippen molar-refractivity contribution in [1.82, 2.24) is 0 Å². The van der Waals surface area contributed by atoms with Crippen LogP contribution in [0.2, 0.25) is 0 Å². The summed E-state index contributed by atoms with van der Waals surface area (Å²) >= 11 is 0. The normalized spacial score (nSPS) is 30.0. The van der Waals surface area contributed by atoms with Crippen LogP contribution in [0.1, 0.15) is 53.9 Å². The quantitative estimate of drug-likeness (QED) is 0.578. The number of hydrogen-bond donors (Lipinski definition) is 0. The van der Waals surface area contributed by atoms with Crippen LogP contribution < -0.4 is 0 Å². The van der Waals surface area contributed by atoms with Crippen molar-refractivity contribution in [1.29, 1.82) is 0 Å². The first-order valence-corrected chi connectivity index (χ1v) is 8.25. The zero-order chi connectivity index (χ0) is 17.8. The molecule has 0 amide bonds. The van der Waals surface area contributed by atoms with Gasteiger partial charge in [0.2, 0.25) is 0 Å². The van der Waals surface area contributed by atoms with Gasteiger partial charge in [0, 0.05) is 17.1 Å².